The Bertz CT molecular complexity index is 1470. The van der Waals surface area contributed by atoms with E-state index in [1.807, 2.05) is 75.6 Å². The molecule has 0 saturated carbocycles. The minimum atomic E-state index is -1.01. The number of ether oxygens (including phenoxy) is 1. The van der Waals surface area contributed by atoms with Gasteiger partial charge in [0.15, 0.2) is 0 Å². The molecule has 1 saturated heterocycles. The third kappa shape index (κ3) is 13.6. The monoisotopic (exact) mass is 686 g/mol. The van der Waals surface area contributed by atoms with Crippen molar-refractivity contribution in [1.29, 1.82) is 0 Å². The molecule has 2 unspecified atom stereocenters. The molecule has 266 valence electrons. The SMILES string of the molecule is C=C/C=C(\C)CC.CC.COC[C@@H]1CC(Cc2ccccc2)CN1Cc1ccc(C(=O)NC(CCSC)C(=O)O)c(-c2ccccc2C)c1. The van der Waals surface area contributed by atoms with Gasteiger partial charge in [0, 0.05) is 31.8 Å². The van der Waals surface area contributed by atoms with E-state index in [-0.39, 0.29) is 5.91 Å². The van der Waals surface area contributed by atoms with Gasteiger partial charge in [-0.15, -0.1) is 0 Å². The Balaban J connectivity index is 0.000000824. The minimum absolute atomic E-state index is 0.330. The largest absolute Gasteiger partial charge is 0.480 e. The summed E-state index contributed by atoms with van der Waals surface area (Å²) in [6.07, 6.45) is 9.41. The number of nitrogens with one attached hydrogen (secondary N) is 1. The molecule has 1 aliphatic heterocycles. The molecule has 0 spiro atoms. The molecule has 49 heavy (non-hydrogen) atoms. The summed E-state index contributed by atoms with van der Waals surface area (Å²) in [7, 11) is 1.76. The highest BCUT2D eigenvalue weighted by Crippen LogP contribution is 2.32. The summed E-state index contributed by atoms with van der Waals surface area (Å²) in [5.74, 6) is -0.165. The van der Waals surface area contributed by atoms with Gasteiger partial charge in [-0.1, -0.05) is 106 Å². The molecular weight excluding hydrogens is 629 g/mol. The topological polar surface area (TPSA) is 78.9 Å². The Morgan fingerprint density at radius 3 is 2.35 bits per heavy atom. The molecule has 3 aromatic carbocycles. The number of nitrogens with zero attached hydrogens (tertiary/aromatic N) is 1. The van der Waals surface area contributed by atoms with Crippen molar-refractivity contribution >= 4 is 23.6 Å². The van der Waals surface area contributed by atoms with Gasteiger partial charge in [-0.2, -0.15) is 11.8 Å². The third-order valence-corrected chi connectivity index (χ3v) is 9.31. The highest BCUT2D eigenvalue weighted by Gasteiger charge is 2.32. The Morgan fingerprint density at radius 1 is 1.06 bits per heavy atom. The molecule has 4 rings (SSSR count). The Hall–Kier alpha value is -3.65. The van der Waals surface area contributed by atoms with Crippen molar-refractivity contribution in [1.82, 2.24) is 10.2 Å². The Kier molecular flexibility index (Phi) is 19.4. The molecule has 6 nitrogen and oxygen atoms in total. The quantitative estimate of drug-likeness (QED) is 0.155. The predicted octanol–water partition coefficient (Wildman–Crippen LogP) is 9.23. The lowest BCUT2D eigenvalue weighted by molar-refractivity contribution is -0.139. The fourth-order valence-electron chi connectivity index (χ4n) is 6.01. The van der Waals surface area contributed by atoms with Crippen LogP contribution in [-0.4, -0.2) is 66.2 Å². The van der Waals surface area contributed by atoms with Crippen molar-refractivity contribution in [2.24, 2.45) is 5.92 Å². The summed E-state index contributed by atoms with van der Waals surface area (Å²) < 4.78 is 5.59. The number of carboxylic acids is 1. The number of allylic oxidation sites excluding steroid dienone is 3. The van der Waals surface area contributed by atoms with Crippen LogP contribution < -0.4 is 5.32 Å². The lowest BCUT2D eigenvalue weighted by Gasteiger charge is -2.24. The normalized spacial score (nSPS) is 16.4. The zero-order chi connectivity index (χ0) is 36.2. The van der Waals surface area contributed by atoms with Gasteiger partial charge < -0.3 is 15.2 Å². The number of hydrogen-bond acceptors (Lipinski definition) is 5. The molecule has 7 heteroatoms. The van der Waals surface area contributed by atoms with Gasteiger partial charge in [-0.3, -0.25) is 9.69 Å². The number of rotatable bonds is 15. The van der Waals surface area contributed by atoms with E-state index in [0.29, 0.717) is 36.3 Å². The molecule has 0 radical (unpaired) electrons. The fourth-order valence-corrected chi connectivity index (χ4v) is 6.48. The number of hydrogen-bond donors (Lipinski definition) is 2. The van der Waals surface area contributed by atoms with Crippen molar-refractivity contribution in [2.75, 3.05) is 32.3 Å². The number of amides is 1. The molecule has 1 heterocycles. The maximum absolute atomic E-state index is 13.4. The molecule has 2 N–H and O–H groups in total. The highest BCUT2D eigenvalue weighted by atomic mass is 32.2. The second kappa shape index (κ2) is 22.9. The molecule has 1 amide bonds. The molecule has 1 fully saturated rings. The molecule has 1 aliphatic rings. The average molecular weight is 687 g/mol. The molecular formula is C42H58N2O4S. The van der Waals surface area contributed by atoms with Gasteiger partial charge in [0.2, 0.25) is 0 Å². The summed E-state index contributed by atoms with van der Waals surface area (Å²) in [5, 5.41) is 12.4. The first-order chi connectivity index (χ1) is 23.7. The number of methoxy groups -OCH3 is 1. The number of carbonyl (C=O) groups is 2. The first-order valence-electron chi connectivity index (χ1n) is 17.5. The van der Waals surface area contributed by atoms with E-state index in [1.54, 1.807) is 18.9 Å². The summed E-state index contributed by atoms with van der Waals surface area (Å²) >= 11 is 1.56. The molecule has 0 aliphatic carbocycles. The van der Waals surface area contributed by atoms with E-state index in [0.717, 1.165) is 54.6 Å². The summed E-state index contributed by atoms with van der Waals surface area (Å²) in [6.45, 7) is 16.3. The number of carbonyl (C=O) groups excluding carboxylic acids is 1. The van der Waals surface area contributed by atoms with E-state index in [2.05, 4.69) is 67.0 Å². The van der Waals surface area contributed by atoms with Crippen LogP contribution in [0.1, 0.15) is 74.0 Å². The van der Waals surface area contributed by atoms with E-state index >= 15 is 0 Å². The van der Waals surface area contributed by atoms with Crippen molar-refractivity contribution in [3.8, 4) is 11.1 Å². The Morgan fingerprint density at radius 2 is 1.76 bits per heavy atom. The van der Waals surface area contributed by atoms with Crippen LogP contribution in [0.4, 0.5) is 0 Å². The van der Waals surface area contributed by atoms with Crippen LogP contribution in [0.2, 0.25) is 0 Å². The van der Waals surface area contributed by atoms with Gasteiger partial charge in [0.1, 0.15) is 6.04 Å². The molecule has 3 aromatic rings. The lowest BCUT2D eigenvalue weighted by Crippen LogP contribution is -2.41. The highest BCUT2D eigenvalue weighted by molar-refractivity contribution is 7.98. The zero-order valence-corrected chi connectivity index (χ0v) is 31.5. The fraction of sp³-hybridized carbons (Fsp3) is 0.429. The van der Waals surface area contributed by atoms with Gasteiger partial charge >= 0.3 is 5.97 Å². The molecule has 0 aromatic heterocycles. The van der Waals surface area contributed by atoms with Crippen molar-refractivity contribution in [3.05, 3.63) is 119 Å². The summed E-state index contributed by atoms with van der Waals surface area (Å²) in [4.78, 5) is 27.7. The standard InChI is InChI=1S/C33H40N2O4S.C7H12.C2H6/c1-23-9-7-8-12-28(23)30-19-25(13-14-29(30)32(36)34-31(33(37)38)15-16-40-3)20-35-21-26(18-27(35)22-39-2)17-24-10-5-4-6-11-24;1-4-6-7(3)5-2;1-2/h4-14,19,26-27,31H,15-18,20-22H2,1-3H3,(H,34,36)(H,37,38);4,6H,1,5H2,2-3H3;1-2H3/b;7-6+;/t26?,27-,31?;;/m0../s1. The predicted molar refractivity (Wildman–Crippen MR) is 208 cm³/mol. The second-order valence-electron chi connectivity index (χ2n) is 12.3. The number of benzene rings is 3. The van der Waals surface area contributed by atoms with Crippen LogP contribution in [0.3, 0.4) is 0 Å². The number of likely N-dealkylation sites (tertiary alicyclic amines) is 1. The van der Waals surface area contributed by atoms with Gasteiger partial charge in [-0.25, -0.2) is 4.79 Å². The van der Waals surface area contributed by atoms with Crippen molar-refractivity contribution in [3.63, 3.8) is 0 Å². The number of aliphatic carboxylic acids is 1. The van der Waals surface area contributed by atoms with E-state index in [4.69, 9.17) is 4.74 Å². The number of aryl methyl sites for hydroxylation is 1. The number of carboxylic acid groups (broad SMARTS) is 1. The zero-order valence-electron chi connectivity index (χ0n) is 30.7. The third-order valence-electron chi connectivity index (χ3n) is 8.66. The van der Waals surface area contributed by atoms with Crippen molar-refractivity contribution in [2.45, 2.75) is 78.9 Å². The van der Waals surface area contributed by atoms with Gasteiger partial charge in [0.25, 0.3) is 5.91 Å². The first-order valence-corrected chi connectivity index (χ1v) is 18.9. The van der Waals surface area contributed by atoms with Gasteiger partial charge in [0.05, 0.1) is 6.61 Å². The van der Waals surface area contributed by atoms with Crippen molar-refractivity contribution < 1.29 is 19.4 Å². The van der Waals surface area contributed by atoms with Crippen LogP contribution in [-0.2, 0) is 22.5 Å². The van der Waals surface area contributed by atoms with E-state index < -0.39 is 12.0 Å². The molecule has 3 atom stereocenters. The number of thioether (sulfide) groups is 1. The lowest BCUT2D eigenvalue weighted by atomic mass is 9.93. The van der Waals surface area contributed by atoms with Crippen LogP contribution in [0.5, 0.6) is 0 Å². The molecule has 0 bridgehead atoms. The first kappa shape index (κ1) is 41.5. The van der Waals surface area contributed by atoms with Gasteiger partial charge in [-0.05, 0) is 97.4 Å². The smallest absolute Gasteiger partial charge is 0.326 e. The summed E-state index contributed by atoms with van der Waals surface area (Å²) in [5.41, 5.74) is 7.22. The Labute approximate surface area is 300 Å². The van der Waals surface area contributed by atoms with Crippen LogP contribution in [0, 0.1) is 12.8 Å². The van der Waals surface area contributed by atoms with Crippen LogP contribution >= 0.6 is 11.8 Å². The minimum Gasteiger partial charge on any atom is -0.480 e. The van der Waals surface area contributed by atoms with E-state index in [9.17, 15) is 14.7 Å². The maximum Gasteiger partial charge on any atom is 0.326 e. The van der Waals surface area contributed by atoms with Crippen LogP contribution in [0.25, 0.3) is 11.1 Å². The maximum atomic E-state index is 13.4. The summed E-state index contributed by atoms with van der Waals surface area (Å²) in [6, 6.07) is 24.0. The average Bonchev–Trinajstić information content (AvgIpc) is 3.48. The van der Waals surface area contributed by atoms with Crippen LogP contribution in [0.15, 0.2) is 97.1 Å². The van der Waals surface area contributed by atoms with E-state index in [1.165, 1.54) is 11.1 Å². The second-order valence-corrected chi connectivity index (χ2v) is 13.3.